The van der Waals surface area contributed by atoms with Gasteiger partial charge in [-0.15, -0.1) is 0 Å². The average molecular weight is 204 g/mol. The lowest BCUT2D eigenvalue weighted by Crippen LogP contribution is -2.38. The number of aliphatic hydroxyl groups is 1. The highest BCUT2D eigenvalue weighted by molar-refractivity contribution is 5.77. The van der Waals surface area contributed by atoms with Crippen molar-refractivity contribution >= 4 is 5.91 Å². The van der Waals surface area contributed by atoms with E-state index in [4.69, 9.17) is 9.84 Å². The Morgan fingerprint density at radius 3 is 2.86 bits per heavy atom. The summed E-state index contributed by atoms with van der Waals surface area (Å²) < 4.78 is 4.81. The molecule has 0 aromatic heterocycles. The smallest absolute Gasteiger partial charge is 0.234 e. The van der Waals surface area contributed by atoms with Crippen LogP contribution in [-0.2, 0) is 9.53 Å². The molecule has 0 heterocycles. The third-order valence-electron chi connectivity index (χ3n) is 1.77. The Bertz CT molecular complexity index is 153. The van der Waals surface area contributed by atoms with Crippen LogP contribution in [0, 0.1) is 0 Å². The minimum atomic E-state index is -0.446. The van der Waals surface area contributed by atoms with E-state index in [-0.39, 0.29) is 12.5 Å². The van der Waals surface area contributed by atoms with Crippen LogP contribution in [0.1, 0.15) is 13.3 Å². The van der Waals surface area contributed by atoms with Gasteiger partial charge < -0.3 is 20.5 Å². The van der Waals surface area contributed by atoms with Gasteiger partial charge in [-0.3, -0.25) is 4.79 Å². The van der Waals surface area contributed by atoms with Crippen LogP contribution in [0.5, 0.6) is 0 Å². The maximum atomic E-state index is 11.1. The summed E-state index contributed by atoms with van der Waals surface area (Å²) in [6, 6.07) is 0. The van der Waals surface area contributed by atoms with Crippen molar-refractivity contribution in [2.45, 2.75) is 19.4 Å². The van der Waals surface area contributed by atoms with Crippen LogP contribution in [-0.4, -0.2) is 50.5 Å². The molecule has 1 unspecified atom stereocenters. The molecule has 0 rings (SSSR count). The lowest BCUT2D eigenvalue weighted by Gasteiger charge is -2.09. The minimum absolute atomic E-state index is 0.103. The average Bonchev–Trinajstić information content (AvgIpc) is 2.21. The molecule has 0 radical (unpaired) electrons. The van der Waals surface area contributed by atoms with Gasteiger partial charge in [-0.05, 0) is 6.42 Å². The summed E-state index contributed by atoms with van der Waals surface area (Å²) in [6.45, 7) is 3.69. The summed E-state index contributed by atoms with van der Waals surface area (Å²) in [7, 11) is 1.61. The summed E-state index contributed by atoms with van der Waals surface area (Å²) in [5.74, 6) is -0.103. The van der Waals surface area contributed by atoms with E-state index in [0.717, 1.165) is 0 Å². The third-order valence-corrected chi connectivity index (χ3v) is 1.77. The van der Waals surface area contributed by atoms with Crippen molar-refractivity contribution in [2.75, 3.05) is 33.4 Å². The second kappa shape index (κ2) is 8.93. The molecule has 14 heavy (non-hydrogen) atoms. The molecule has 0 fully saturated rings. The molecule has 0 aliphatic rings. The SMILES string of the molecule is CCC(O)CNC(=O)CNCCOC. The van der Waals surface area contributed by atoms with Crippen molar-refractivity contribution in [3.05, 3.63) is 0 Å². The molecule has 0 saturated carbocycles. The van der Waals surface area contributed by atoms with Gasteiger partial charge in [-0.2, -0.15) is 0 Å². The number of rotatable bonds is 8. The molecule has 0 bridgehead atoms. The van der Waals surface area contributed by atoms with E-state index in [0.29, 0.717) is 26.1 Å². The number of amides is 1. The van der Waals surface area contributed by atoms with Crippen LogP contribution in [0.15, 0.2) is 0 Å². The van der Waals surface area contributed by atoms with Crippen molar-refractivity contribution < 1.29 is 14.6 Å². The summed E-state index contributed by atoms with van der Waals surface area (Å²) in [5.41, 5.74) is 0. The van der Waals surface area contributed by atoms with E-state index in [2.05, 4.69) is 10.6 Å². The first kappa shape index (κ1) is 13.4. The van der Waals surface area contributed by atoms with Gasteiger partial charge in [0.2, 0.25) is 5.91 Å². The maximum Gasteiger partial charge on any atom is 0.234 e. The molecular weight excluding hydrogens is 184 g/mol. The predicted octanol–water partition coefficient (Wildman–Crippen LogP) is -0.890. The fourth-order valence-electron chi connectivity index (χ4n) is 0.815. The number of methoxy groups -OCH3 is 1. The zero-order chi connectivity index (χ0) is 10.8. The minimum Gasteiger partial charge on any atom is -0.391 e. The second-order valence-corrected chi connectivity index (χ2v) is 3.04. The molecule has 0 spiro atoms. The van der Waals surface area contributed by atoms with Crippen molar-refractivity contribution in [2.24, 2.45) is 0 Å². The highest BCUT2D eigenvalue weighted by atomic mass is 16.5. The van der Waals surface area contributed by atoms with Crippen molar-refractivity contribution in [1.29, 1.82) is 0 Å². The first-order valence-corrected chi connectivity index (χ1v) is 4.85. The molecular formula is C9H20N2O3. The Morgan fingerprint density at radius 1 is 1.57 bits per heavy atom. The Kier molecular flexibility index (Phi) is 8.51. The summed E-state index contributed by atoms with van der Waals surface area (Å²) in [4.78, 5) is 11.1. The molecule has 1 atom stereocenters. The van der Waals surface area contributed by atoms with Crippen LogP contribution < -0.4 is 10.6 Å². The summed E-state index contributed by atoms with van der Waals surface area (Å²) in [6.07, 6.45) is 0.204. The van der Waals surface area contributed by atoms with Crippen LogP contribution in [0.25, 0.3) is 0 Å². The maximum absolute atomic E-state index is 11.1. The van der Waals surface area contributed by atoms with Gasteiger partial charge in [0.05, 0.1) is 19.3 Å². The van der Waals surface area contributed by atoms with Gasteiger partial charge >= 0.3 is 0 Å². The van der Waals surface area contributed by atoms with Gasteiger partial charge in [-0.1, -0.05) is 6.92 Å². The van der Waals surface area contributed by atoms with Crippen molar-refractivity contribution in [1.82, 2.24) is 10.6 Å². The Morgan fingerprint density at radius 2 is 2.29 bits per heavy atom. The number of hydrogen-bond acceptors (Lipinski definition) is 4. The zero-order valence-corrected chi connectivity index (χ0v) is 8.88. The topological polar surface area (TPSA) is 70.6 Å². The molecule has 3 N–H and O–H groups in total. The van der Waals surface area contributed by atoms with Crippen LogP contribution in [0.2, 0.25) is 0 Å². The molecule has 0 saturated heterocycles. The largest absolute Gasteiger partial charge is 0.391 e. The fraction of sp³-hybridized carbons (Fsp3) is 0.889. The van der Waals surface area contributed by atoms with Gasteiger partial charge in [0.15, 0.2) is 0 Å². The predicted molar refractivity (Wildman–Crippen MR) is 54.1 cm³/mol. The normalized spacial score (nSPS) is 12.5. The molecule has 84 valence electrons. The van der Waals surface area contributed by atoms with Crippen LogP contribution >= 0.6 is 0 Å². The first-order chi connectivity index (χ1) is 6.70. The molecule has 0 aliphatic carbocycles. The van der Waals surface area contributed by atoms with Gasteiger partial charge in [0.25, 0.3) is 0 Å². The third kappa shape index (κ3) is 7.97. The van der Waals surface area contributed by atoms with E-state index >= 15 is 0 Å². The second-order valence-electron chi connectivity index (χ2n) is 3.04. The number of hydrogen-bond donors (Lipinski definition) is 3. The first-order valence-electron chi connectivity index (χ1n) is 4.85. The van der Waals surface area contributed by atoms with Gasteiger partial charge in [0, 0.05) is 20.2 Å². The van der Waals surface area contributed by atoms with E-state index in [1.54, 1.807) is 7.11 Å². The van der Waals surface area contributed by atoms with Crippen molar-refractivity contribution in [3.63, 3.8) is 0 Å². The standard InChI is InChI=1S/C9H20N2O3/c1-3-8(12)6-11-9(13)7-10-4-5-14-2/h8,10,12H,3-7H2,1-2H3,(H,11,13). The van der Waals surface area contributed by atoms with E-state index in [9.17, 15) is 4.79 Å². The molecule has 5 heteroatoms. The van der Waals surface area contributed by atoms with E-state index in [1.165, 1.54) is 0 Å². The number of ether oxygens (including phenoxy) is 1. The Balaban J connectivity index is 3.28. The number of aliphatic hydroxyl groups excluding tert-OH is 1. The molecule has 0 aromatic carbocycles. The fourth-order valence-corrected chi connectivity index (χ4v) is 0.815. The van der Waals surface area contributed by atoms with Crippen LogP contribution in [0.4, 0.5) is 0 Å². The highest BCUT2D eigenvalue weighted by Gasteiger charge is 2.03. The Hall–Kier alpha value is -0.650. The monoisotopic (exact) mass is 204 g/mol. The molecule has 1 amide bonds. The van der Waals surface area contributed by atoms with Crippen molar-refractivity contribution in [3.8, 4) is 0 Å². The molecule has 5 nitrogen and oxygen atoms in total. The van der Waals surface area contributed by atoms with Crippen LogP contribution in [0.3, 0.4) is 0 Å². The van der Waals surface area contributed by atoms with Gasteiger partial charge in [0.1, 0.15) is 0 Å². The van der Waals surface area contributed by atoms with E-state index < -0.39 is 6.10 Å². The number of carbonyl (C=O) groups excluding carboxylic acids is 1. The lowest BCUT2D eigenvalue weighted by molar-refractivity contribution is -0.120. The highest BCUT2D eigenvalue weighted by Crippen LogP contribution is 1.85. The number of nitrogens with one attached hydrogen (secondary N) is 2. The quantitative estimate of drug-likeness (QED) is 0.449. The molecule has 0 aliphatic heterocycles. The van der Waals surface area contributed by atoms with E-state index in [1.807, 2.05) is 6.92 Å². The summed E-state index contributed by atoms with van der Waals surface area (Å²) >= 11 is 0. The lowest BCUT2D eigenvalue weighted by atomic mass is 10.3. The van der Waals surface area contributed by atoms with Gasteiger partial charge in [-0.25, -0.2) is 0 Å². The summed E-state index contributed by atoms with van der Waals surface area (Å²) in [5, 5.41) is 14.7. The zero-order valence-electron chi connectivity index (χ0n) is 8.88. The Labute approximate surface area is 84.8 Å². The number of carbonyl (C=O) groups is 1. The molecule has 0 aromatic rings.